The van der Waals surface area contributed by atoms with Crippen LogP contribution < -0.4 is 0 Å². The lowest BCUT2D eigenvalue weighted by Crippen LogP contribution is -2.35. The summed E-state index contributed by atoms with van der Waals surface area (Å²) in [5, 5.41) is 0. The molecule has 0 radical (unpaired) electrons. The van der Waals surface area contributed by atoms with Gasteiger partial charge in [0.05, 0.1) is 5.41 Å². The molecular formula is C16H29F3. The van der Waals surface area contributed by atoms with Crippen molar-refractivity contribution < 1.29 is 13.2 Å². The Labute approximate surface area is 116 Å². The van der Waals surface area contributed by atoms with Crippen LogP contribution >= 0.6 is 0 Å². The van der Waals surface area contributed by atoms with Crippen molar-refractivity contribution in [2.45, 2.75) is 96.6 Å². The molecule has 0 amide bonds. The molecule has 1 aliphatic carbocycles. The molecule has 0 aliphatic heterocycles. The Hall–Kier alpha value is -0.210. The number of hydrogen-bond acceptors (Lipinski definition) is 0. The Bertz CT molecular complexity index is 219. The number of halogens is 3. The topological polar surface area (TPSA) is 0 Å². The largest absolute Gasteiger partial charge is 0.394 e. The van der Waals surface area contributed by atoms with Gasteiger partial charge in [-0.15, -0.1) is 0 Å². The molecule has 0 aromatic heterocycles. The van der Waals surface area contributed by atoms with Gasteiger partial charge < -0.3 is 0 Å². The van der Waals surface area contributed by atoms with Crippen molar-refractivity contribution in [2.75, 3.05) is 0 Å². The summed E-state index contributed by atoms with van der Waals surface area (Å²) in [7, 11) is 0. The van der Waals surface area contributed by atoms with Crippen LogP contribution in [0.5, 0.6) is 0 Å². The first-order valence-electron chi connectivity index (χ1n) is 8.02. The lowest BCUT2D eigenvalue weighted by atomic mass is 9.79. The fraction of sp³-hybridized carbons (Fsp3) is 1.00. The second-order valence-corrected chi connectivity index (χ2v) is 6.45. The number of alkyl halides is 3. The molecule has 0 saturated heterocycles. The normalized spacial score (nSPS) is 24.6. The van der Waals surface area contributed by atoms with Crippen LogP contribution in [-0.2, 0) is 0 Å². The first-order chi connectivity index (χ1) is 8.96. The van der Waals surface area contributed by atoms with Gasteiger partial charge in [0.15, 0.2) is 0 Å². The molecule has 0 atom stereocenters. The quantitative estimate of drug-likeness (QED) is 0.466. The summed E-state index contributed by atoms with van der Waals surface area (Å²) in [6, 6.07) is 0. The minimum Gasteiger partial charge on any atom is -0.171 e. The summed E-state index contributed by atoms with van der Waals surface area (Å²) >= 11 is 0. The monoisotopic (exact) mass is 278 g/mol. The molecule has 0 aromatic carbocycles. The van der Waals surface area contributed by atoms with Crippen LogP contribution in [0.15, 0.2) is 0 Å². The minimum absolute atomic E-state index is 0.316. The lowest BCUT2D eigenvalue weighted by molar-refractivity contribution is -0.223. The van der Waals surface area contributed by atoms with Gasteiger partial charge in [0.1, 0.15) is 0 Å². The van der Waals surface area contributed by atoms with E-state index < -0.39 is 11.6 Å². The predicted octanol–water partition coefficient (Wildman–Crippen LogP) is 6.64. The molecule has 0 nitrogen and oxygen atoms in total. The molecule has 0 N–H and O–H groups in total. The van der Waals surface area contributed by atoms with Crippen LogP contribution in [0.3, 0.4) is 0 Å². The minimum atomic E-state index is -4.04. The highest BCUT2D eigenvalue weighted by Gasteiger charge is 2.49. The van der Waals surface area contributed by atoms with E-state index >= 15 is 0 Å². The van der Waals surface area contributed by atoms with Gasteiger partial charge in [0.2, 0.25) is 0 Å². The fourth-order valence-electron chi connectivity index (χ4n) is 3.03. The fourth-order valence-corrected chi connectivity index (χ4v) is 3.03. The summed E-state index contributed by atoms with van der Waals surface area (Å²) in [5.41, 5.74) is -1.45. The maximum absolute atomic E-state index is 13.2. The molecule has 0 heterocycles. The Morgan fingerprint density at radius 2 is 0.842 bits per heavy atom. The average Bonchev–Trinajstić information content (AvgIpc) is 2.33. The molecule has 1 saturated carbocycles. The molecule has 1 aliphatic rings. The molecule has 0 unspecified atom stereocenters. The van der Waals surface area contributed by atoms with Gasteiger partial charge in [0, 0.05) is 0 Å². The van der Waals surface area contributed by atoms with Crippen molar-refractivity contribution in [2.24, 2.45) is 5.41 Å². The van der Waals surface area contributed by atoms with Crippen LogP contribution in [0.25, 0.3) is 0 Å². The van der Waals surface area contributed by atoms with E-state index in [1.807, 2.05) is 0 Å². The molecule has 19 heavy (non-hydrogen) atoms. The van der Waals surface area contributed by atoms with E-state index in [1.165, 1.54) is 39.0 Å². The van der Waals surface area contributed by atoms with Crippen molar-refractivity contribution >= 4 is 0 Å². The zero-order valence-electron chi connectivity index (χ0n) is 12.3. The van der Waals surface area contributed by atoms with E-state index in [9.17, 15) is 13.2 Å². The highest BCUT2D eigenvalue weighted by atomic mass is 19.4. The van der Waals surface area contributed by atoms with Gasteiger partial charge in [0.25, 0.3) is 0 Å². The van der Waals surface area contributed by atoms with Crippen molar-refractivity contribution in [3.05, 3.63) is 0 Å². The van der Waals surface area contributed by atoms with E-state index in [0.29, 0.717) is 12.8 Å². The molecule has 3 heteroatoms. The van der Waals surface area contributed by atoms with Crippen molar-refractivity contribution in [3.8, 4) is 0 Å². The first-order valence-corrected chi connectivity index (χ1v) is 8.02. The molecule has 0 spiro atoms. The van der Waals surface area contributed by atoms with Crippen molar-refractivity contribution in [1.29, 1.82) is 0 Å². The van der Waals surface area contributed by atoms with Crippen LogP contribution in [0.1, 0.15) is 90.4 Å². The van der Waals surface area contributed by atoms with Gasteiger partial charge in [-0.3, -0.25) is 0 Å². The Balaban J connectivity index is 2.49. The maximum atomic E-state index is 13.2. The second kappa shape index (κ2) is 8.16. The zero-order valence-corrected chi connectivity index (χ0v) is 12.3. The van der Waals surface area contributed by atoms with Crippen LogP contribution in [-0.4, -0.2) is 6.18 Å². The van der Waals surface area contributed by atoms with Crippen molar-refractivity contribution in [1.82, 2.24) is 0 Å². The highest BCUT2D eigenvalue weighted by molar-refractivity contribution is 4.82. The third-order valence-corrected chi connectivity index (χ3v) is 4.64. The van der Waals surface area contributed by atoms with Crippen LogP contribution in [0, 0.1) is 5.41 Å². The Morgan fingerprint density at radius 1 is 0.579 bits per heavy atom. The molecular weight excluding hydrogens is 249 g/mol. The SMILES string of the molecule is CC1(C(F)(F)F)CCCCCCCCCCCCC1. The van der Waals surface area contributed by atoms with Crippen molar-refractivity contribution in [3.63, 3.8) is 0 Å². The summed E-state index contributed by atoms with van der Waals surface area (Å²) in [6.07, 6.45) is 8.42. The maximum Gasteiger partial charge on any atom is 0.394 e. The van der Waals surface area contributed by atoms with E-state index in [1.54, 1.807) is 0 Å². The van der Waals surface area contributed by atoms with Gasteiger partial charge in [-0.2, -0.15) is 13.2 Å². The summed E-state index contributed by atoms with van der Waals surface area (Å²) in [6.45, 7) is 1.43. The summed E-state index contributed by atoms with van der Waals surface area (Å²) in [5.74, 6) is 0. The molecule has 0 bridgehead atoms. The standard InChI is InChI=1S/C16H29F3/c1-15(16(17,18)19)13-11-9-7-5-3-2-4-6-8-10-12-14-15/h2-14H2,1H3. The first kappa shape index (κ1) is 16.8. The van der Waals surface area contributed by atoms with Gasteiger partial charge in [-0.1, -0.05) is 77.6 Å². The average molecular weight is 278 g/mol. The Morgan fingerprint density at radius 3 is 1.11 bits per heavy atom. The van der Waals surface area contributed by atoms with E-state index in [4.69, 9.17) is 0 Å². The smallest absolute Gasteiger partial charge is 0.171 e. The third-order valence-electron chi connectivity index (χ3n) is 4.64. The lowest BCUT2D eigenvalue weighted by Gasteiger charge is -2.32. The summed E-state index contributed by atoms with van der Waals surface area (Å²) in [4.78, 5) is 0. The highest BCUT2D eigenvalue weighted by Crippen LogP contribution is 2.46. The van der Waals surface area contributed by atoms with E-state index in [2.05, 4.69) is 0 Å². The molecule has 1 fully saturated rings. The molecule has 114 valence electrons. The van der Waals surface area contributed by atoms with E-state index in [0.717, 1.165) is 38.5 Å². The Kier molecular flexibility index (Phi) is 7.23. The zero-order chi connectivity index (χ0) is 14.2. The van der Waals surface area contributed by atoms with Gasteiger partial charge in [-0.05, 0) is 12.8 Å². The van der Waals surface area contributed by atoms with E-state index in [-0.39, 0.29) is 0 Å². The number of hydrogen-bond donors (Lipinski definition) is 0. The van der Waals surface area contributed by atoms with Gasteiger partial charge in [-0.25, -0.2) is 0 Å². The van der Waals surface area contributed by atoms with Crippen LogP contribution in [0.4, 0.5) is 13.2 Å². The van der Waals surface area contributed by atoms with Crippen LogP contribution in [0.2, 0.25) is 0 Å². The third kappa shape index (κ3) is 6.18. The molecule has 0 aromatic rings. The number of rotatable bonds is 0. The molecule has 1 rings (SSSR count). The predicted molar refractivity (Wildman–Crippen MR) is 74.2 cm³/mol. The second-order valence-electron chi connectivity index (χ2n) is 6.45. The van der Waals surface area contributed by atoms with Gasteiger partial charge >= 0.3 is 6.18 Å². The summed E-state index contributed by atoms with van der Waals surface area (Å²) < 4.78 is 39.6.